The number of sulfonamides is 1. The fourth-order valence-corrected chi connectivity index (χ4v) is 6.58. The highest BCUT2D eigenvalue weighted by Gasteiger charge is 2.36. The zero-order valence-corrected chi connectivity index (χ0v) is 14.6. The van der Waals surface area contributed by atoms with Gasteiger partial charge < -0.3 is 0 Å². The van der Waals surface area contributed by atoms with Gasteiger partial charge in [-0.05, 0) is 42.5 Å². The van der Waals surface area contributed by atoms with Gasteiger partial charge in [-0.1, -0.05) is 37.3 Å². The molecule has 22 heavy (non-hydrogen) atoms. The Balaban J connectivity index is 1.66. The van der Waals surface area contributed by atoms with E-state index in [9.17, 15) is 13.2 Å². The summed E-state index contributed by atoms with van der Waals surface area (Å²) in [7, 11) is -3.84. The molecule has 3 atom stereocenters. The van der Waals surface area contributed by atoms with E-state index in [1.54, 1.807) is 5.38 Å². The quantitative estimate of drug-likeness (QED) is 0.890. The monoisotopic (exact) mass is 361 g/mol. The van der Waals surface area contributed by atoms with Crippen molar-refractivity contribution in [2.75, 3.05) is 0 Å². The predicted molar refractivity (Wildman–Crippen MR) is 87.4 cm³/mol. The maximum Gasteiger partial charge on any atom is 0.275 e. The molecule has 3 rings (SSSR count). The van der Waals surface area contributed by atoms with Crippen molar-refractivity contribution in [3.05, 3.63) is 16.5 Å². The lowest BCUT2D eigenvalue weighted by atomic mass is 9.67. The van der Waals surface area contributed by atoms with E-state index < -0.39 is 10.0 Å². The van der Waals surface area contributed by atoms with E-state index in [0.29, 0.717) is 5.92 Å². The second-order valence-electron chi connectivity index (χ2n) is 6.34. The maximum absolute atomic E-state index is 12.4. The van der Waals surface area contributed by atoms with Crippen molar-refractivity contribution >= 4 is 38.9 Å². The summed E-state index contributed by atoms with van der Waals surface area (Å²) in [5.74, 6) is 0.772. The molecular formula is C15H20ClNO3S2. The van der Waals surface area contributed by atoms with E-state index in [1.807, 2.05) is 0 Å². The molecule has 1 heterocycles. The third-order valence-corrected chi connectivity index (χ3v) is 8.34. The van der Waals surface area contributed by atoms with Gasteiger partial charge in [-0.2, -0.15) is 0 Å². The molecule has 1 amide bonds. The molecule has 0 aliphatic heterocycles. The van der Waals surface area contributed by atoms with Crippen LogP contribution in [-0.4, -0.2) is 14.3 Å². The van der Waals surface area contributed by atoms with Crippen LogP contribution in [0.3, 0.4) is 0 Å². The number of nitrogens with one attached hydrogen (secondary N) is 1. The minimum absolute atomic E-state index is 0.0221. The normalized spacial score (nSPS) is 28.9. The number of hydrogen-bond donors (Lipinski definition) is 1. The zero-order chi connectivity index (χ0) is 15.7. The van der Waals surface area contributed by atoms with Gasteiger partial charge in [0.1, 0.15) is 0 Å². The molecule has 0 bridgehead atoms. The van der Waals surface area contributed by atoms with E-state index >= 15 is 0 Å². The van der Waals surface area contributed by atoms with Gasteiger partial charge in [0.05, 0.1) is 5.02 Å². The van der Waals surface area contributed by atoms with Crippen LogP contribution in [0.5, 0.6) is 0 Å². The Morgan fingerprint density at radius 2 is 1.91 bits per heavy atom. The minimum atomic E-state index is -3.84. The summed E-state index contributed by atoms with van der Waals surface area (Å²) >= 11 is 6.89. The number of amides is 1. The van der Waals surface area contributed by atoms with Gasteiger partial charge in [0, 0.05) is 5.92 Å². The van der Waals surface area contributed by atoms with Gasteiger partial charge in [-0.25, -0.2) is 13.1 Å². The average Bonchev–Trinajstić information content (AvgIpc) is 2.93. The highest BCUT2D eigenvalue weighted by Crippen LogP contribution is 2.42. The fraction of sp³-hybridized carbons (Fsp3) is 0.667. The number of carbonyl (C=O) groups excluding carboxylic acids is 1. The molecule has 2 fully saturated rings. The summed E-state index contributed by atoms with van der Waals surface area (Å²) in [5, 5.41) is 1.77. The van der Waals surface area contributed by atoms with E-state index in [4.69, 9.17) is 11.6 Å². The van der Waals surface area contributed by atoms with Crippen LogP contribution >= 0.6 is 22.9 Å². The number of thiophene rings is 1. The van der Waals surface area contributed by atoms with Crippen LogP contribution in [0.2, 0.25) is 5.02 Å². The summed E-state index contributed by atoms with van der Waals surface area (Å²) in [6.07, 6.45) is 7.63. The summed E-state index contributed by atoms with van der Waals surface area (Å²) in [6, 6.07) is 1.53. The number of halogens is 1. The number of rotatable bonds is 3. The molecule has 2 aliphatic carbocycles. The van der Waals surface area contributed by atoms with Crippen LogP contribution in [0, 0.1) is 17.8 Å². The van der Waals surface area contributed by atoms with Gasteiger partial charge in [0.15, 0.2) is 4.21 Å². The molecule has 4 nitrogen and oxygen atoms in total. The molecule has 0 saturated heterocycles. The van der Waals surface area contributed by atoms with Crippen LogP contribution in [-0.2, 0) is 14.8 Å². The van der Waals surface area contributed by atoms with Crippen LogP contribution in [0.25, 0.3) is 0 Å². The zero-order valence-electron chi connectivity index (χ0n) is 12.3. The van der Waals surface area contributed by atoms with Crippen molar-refractivity contribution in [1.29, 1.82) is 0 Å². The first-order chi connectivity index (χ1) is 10.5. The second kappa shape index (κ2) is 6.49. The largest absolute Gasteiger partial charge is 0.275 e. The SMILES string of the molecule is O=C(NS(=O)(=O)c1sccc1Cl)C1CCC2CCCCC2C1. The van der Waals surface area contributed by atoms with Crippen molar-refractivity contribution in [1.82, 2.24) is 4.72 Å². The lowest BCUT2D eigenvalue weighted by Gasteiger charge is -2.38. The number of carbonyl (C=O) groups is 1. The molecule has 0 radical (unpaired) electrons. The molecule has 1 N–H and O–H groups in total. The average molecular weight is 362 g/mol. The maximum atomic E-state index is 12.4. The summed E-state index contributed by atoms with van der Waals surface area (Å²) in [5.41, 5.74) is 0. The third kappa shape index (κ3) is 3.34. The third-order valence-electron chi connectivity index (χ3n) is 4.97. The molecule has 7 heteroatoms. The molecule has 1 aromatic rings. The first-order valence-electron chi connectivity index (χ1n) is 7.77. The smallest absolute Gasteiger partial charge is 0.274 e. The number of hydrogen-bond acceptors (Lipinski definition) is 4. The van der Waals surface area contributed by atoms with Crippen LogP contribution < -0.4 is 4.72 Å². The summed E-state index contributed by atoms with van der Waals surface area (Å²) in [4.78, 5) is 12.4. The molecule has 3 unspecified atom stereocenters. The van der Waals surface area contributed by atoms with Gasteiger partial charge in [0.25, 0.3) is 10.0 Å². The predicted octanol–water partition coefficient (Wildman–Crippen LogP) is 3.81. The topological polar surface area (TPSA) is 63.2 Å². The van der Waals surface area contributed by atoms with Gasteiger partial charge in [0.2, 0.25) is 5.91 Å². The Labute approximate surface area is 140 Å². The molecule has 122 valence electrons. The van der Waals surface area contributed by atoms with Crippen LogP contribution in [0.1, 0.15) is 44.9 Å². The van der Waals surface area contributed by atoms with E-state index in [1.165, 1.54) is 31.7 Å². The van der Waals surface area contributed by atoms with Crippen LogP contribution in [0.15, 0.2) is 15.7 Å². The van der Waals surface area contributed by atoms with Crippen molar-refractivity contribution in [2.24, 2.45) is 17.8 Å². The Bertz CT molecular complexity index is 655. The van der Waals surface area contributed by atoms with Crippen molar-refractivity contribution < 1.29 is 13.2 Å². The first-order valence-corrected chi connectivity index (χ1v) is 10.5. The first kappa shape index (κ1) is 16.3. The summed E-state index contributed by atoms with van der Waals surface area (Å²) in [6.45, 7) is 0. The Morgan fingerprint density at radius 1 is 1.18 bits per heavy atom. The lowest BCUT2D eigenvalue weighted by Crippen LogP contribution is -2.39. The van der Waals surface area contributed by atoms with E-state index in [-0.39, 0.29) is 21.1 Å². The minimum Gasteiger partial charge on any atom is -0.274 e. The summed E-state index contributed by atoms with van der Waals surface area (Å²) < 4.78 is 26.7. The highest BCUT2D eigenvalue weighted by molar-refractivity contribution is 7.92. The van der Waals surface area contributed by atoms with Crippen molar-refractivity contribution in [3.8, 4) is 0 Å². The van der Waals surface area contributed by atoms with Crippen LogP contribution in [0.4, 0.5) is 0 Å². The number of fused-ring (bicyclic) bond motifs is 1. The Kier molecular flexibility index (Phi) is 4.80. The van der Waals surface area contributed by atoms with Gasteiger partial charge in [-0.3, -0.25) is 4.79 Å². The molecule has 2 aliphatic rings. The van der Waals surface area contributed by atoms with Crippen molar-refractivity contribution in [3.63, 3.8) is 0 Å². The second-order valence-corrected chi connectivity index (χ2v) is 9.54. The lowest BCUT2D eigenvalue weighted by molar-refractivity contribution is -0.125. The fourth-order valence-electron chi connectivity index (χ4n) is 3.85. The van der Waals surface area contributed by atoms with E-state index in [0.717, 1.165) is 36.5 Å². The Hall–Kier alpha value is -0.590. The standard InChI is InChI=1S/C15H20ClNO3S2/c16-13-7-8-21-15(13)22(19,20)17-14(18)12-6-5-10-3-1-2-4-11(10)9-12/h7-8,10-12H,1-6,9H2,(H,17,18). The van der Waals surface area contributed by atoms with Gasteiger partial charge in [-0.15, -0.1) is 11.3 Å². The molecule has 1 aromatic heterocycles. The van der Waals surface area contributed by atoms with Crippen molar-refractivity contribution in [2.45, 2.75) is 49.2 Å². The van der Waals surface area contributed by atoms with E-state index in [2.05, 4.69) is 4.72 Å². The molecular weight excluding hydrogens is 342 g/mol. The Morgan fingerprint density at radius 3 is 2.59 bits per heavy atom. The molecule has 0 aromatic carbocycles. The highest BCUT2D eigenvalue weighted by atomic mass is 35.5. The molecule has 2 saturated carbocycles. The molecule has 0 spiro atoms. The van der Waals surface area contributed by atoms with Gasteiger partial charge >= 0.3 is 0 Å².